The van der Waals surface area contributed by atoms with E-state index in [9.17, 15) is 0 Å². The maximum Gasteiger partial charge on any atom is 0.0620 e. The Kier molecular flexibility index (Phi) is 9.62. The van der Waals surface area contributed by atoms with Crippen molar-refractivity contribution in [3.05, 3.63) is 183 Å². The number of hydrogen-bond donors (Lipinski definition) is 2. The molecular formula is C66H55Br2N3. The molecule has 0 amide bonds. The molecule has 2 N–H and O–H groups in total. The SMILES string of the molecule is CC(C)(C)c1ccc2[nH]c3c(-c4cc(Br)c(-c5cc(C(C)(C)C)cc6c5[nH]c5cc7c(cc56)c5cc(-c6ccccc6)cc6c8cc(-c9ccccc9)ccc8n7c65)cc4Br)cc(C(C)(C)C)cc3c2c1. The molecule has 0 atom stereocenters. The van der Waals surface area contributed by atoms with Crippen LogP contribution in [0.15, 0.2) is 167 Å². The molecule has 13 aromatic rings. The number of benzene rings is 9. The monoisotopic (exact) mass is 1050 g/mol. The number of hydrogen-bond acceptors (Lipinski definition) is 0. The van der Waals surface area contributed by atoms with Gasteiger partial charge in [0, 0.05) is 74.2 Å². The summed E-state index contributed by atoms with van der Waals surface area (Å²) in [6, 6.07) is 59.5. The zero-order valence-electron chi connectivity index (χ0n) is 41.7. The highest BCUT2D eigenvalue weighted by Crippen LogP contribution is 2.49. The minimum absolute atomic E-state index is 0.0443. The molecule has 13 rings (SSSR count). The van der Waals surface area contributed by atoms with Gasteiger partial charge in [0.05, 0.1) is 27.6 Å². The smallest absolute Gasteiger partial charge is 0.0620 e. The zero-order chi connectivity index (χ0) is 49.0. The van der Waals surface area contributed by atoms with E-state index in [2.05, 4.69) is 266 Å². The van der Waals surface area contributed by atoms with Crippen molar-refractivity contribution in [2.75, 3.05) is 0 Å². The van der Waals surface area contributed by atoms with Crippen LogP contribution in [0.1, 0.15) is 79.0 Å². The van der Waals surface area contributed by atoms with E-state index < -0.39 is 0 Å². The van der Waals surface area contributed by atoms with Gasteiger partial charge in [0.1, 0.15) is 0 Å². The van der Waals surface area contributed by atoms with Gasteiger partial charge >= 0.3 is 0 Å². The Morgan fingerprint density at radius 3 is 1.37 bits per heavy atom. The molecular weight excluding hydrogens is 995 g/mol. The third-order valence-corrected chi connectivity index (χ3v) is 16.7. The largest absolute Gasteiger partial charge is 0.354 e. The standard InChI is InChI=1S/C66H55Br2N3/c1-64(2,3)40-21-22-57-45(27-40)51-30-41(65(4,5)6)28-49(61(51)69-57)43-33-56(68)44(34-55(43)67)50-29-42(66(7,8)9)31-52-46-32-48-54-26-39(37-18-14-11-15-19-37)25-53-47-24-38(36-16-12-10-13-17-36)20-23-59(47)71(63(53)54)60(48)35-58(46)70-62(50)52/h10-35,69-70H,1-9H3. The molecule has 0 aliphatic heterocycles. The minimum atomic E-state index is -0.0968. The summed E-state index contributed by atoms with van der Waals surface area (Å²) < 4.78 is 4.61. The van der Waals surface area contributed by atoms with Crippen LogP contribution >= 0.6 is 31.9 Å². The summed E-state index contributed by atoms with van der Waals surface area (Å²) in [6.07, 6.45) is 0. The van der Waals surface area contributed by atoms with E-state index in [1.165, 1.54) is 110 Å². The van der Waals surface area contributed by atoms with E-state index in [-0.39, 0.29) is 16.2 Å². The van der Waals surface area contributed by atoms with Gasteiger partial charge in [0.15, 0.2) is 0 Å². The predicted molar refractivity (Wildman–Crippen MR) is 313 cm³/mol. The number of aromatic nitrogens is 3. The molecule has 0 fully saturated rings. The molecule has 348 valence electrons. The highest BCUT2D eigenvalue weighted by atomic mass is 79.9. The van der Waals surface area contributed by atoms with Gasteiger partial charge in [-0.1, -0.05) is 167 Å². The highest BCUT2D eigenvalue weighted by molar-refractivity contribution is 9.11. The topological polar surface area (TPSA) is 36.0 Å². The molecule has 0 aliphatic carbocycles. The molecule has 5 heteroatoms. The van der Waals surface area contributed by atoms with Gasteiger partial charge in [-0.3, -0.25) is 0 Å². The second kappa shape index (κ2) is 15.4. The highest BCUT2D eigenvalue weighted by Gasteiger charge is 2.26. The van der Waals surface area contributed by atoms with E-state index in [0.717, 1.165) is 42.1 Å². The first-order chi connectivity index (χ1) is 33.9. The van der Waals surface area contributed by atoms with Gasteiger partial charge < -0.3 is 14.4 Å². The van der Waals surface area contributed by atoms with Crippen LogP contribution in [0.5, 0.6) is 0 Å². The Morgan fingerprint density at radius 1 is 0.338 bits per heavy atom. The lowest BCUT2D eigenvalue weighted by Crippen LogP contribution is -2.11. The number of nitrogens with one attached hydrogen (secondary N) is 2. The summed E-state index contributed by atoms with van der Waals surface area (Å²) in [5.74, 6) is 0. The fourth-order valence-corrected chi connectivity index (χ4v) is 12.5. The minimum Gasteiger partial charge on any atom is -0.354 e. The normalized spacial score (nSPS) is 13.0. The van der Waals surface area contributed by atoms with Crippen molar-refractivity contribution in [2.45, 2.75) is 78.6 Å². The van der Waals surface area contributed by atoms with Gasteiger partial charge in [0.2, 0.25) is 0 Å². The lowest BCUT2D eigenvalue weighted by molar-refractivity contribution is 0.590. The van der Waals surface area contributed by atoms with Crippen LogP contribution in [0.25, 0.3) is 126 Å². The van der Waals surface area contributed by atoms with Crippen molar-refractivity contribution >= 4 is 114 Å². The van der Waals surface area contributed by atoms with Gasteiger partial charge in [-0.2, -0.15) is 0 Å². The molecule has 0 saturated heterocycles. The lowest BCUT2D eigenvalue weighted by atomic mass is 9.83. The molecule has 0 spiro atoms. The number of H-pyrrole nitrogens is 2. The molecule has 71 heavy (non-hydrogen) atoms. The zero-order valence-corrected chi connectivity index (χ0v) is 44.9. The maximum absolute atomic E-state index is 4.20. The fourth-order valence-electron chi connectivity index (χ4n) is 11.4. The summed E-state index contributed by atoms with van der Waals surface area (Å²) in [6.45, 7) is 20.8. The van der Waals surface area contributed by atoms with Crippen molar-refractivity contribution in [3.8, 4) is 44.5 Å². The first kappa shape index (κ1) is 44.3. The van der Waals surface area contributed by atoms with Crippen molar-refractivity contribution < 1.29 is 0 Å². The predicted octanol–water partition coefficient (Wildman–Crippen LogP) is 20.2. The van der Waals surface area contributed by atoms with Crippen LogP contribution in [0, 0.1) is 0 Å². The maximum atomic E-state index is 4.20. The molecule has 0 radical (unpaired) electrons. The van der Waals surface area contributed by atoms with Gasteiger partial charge in [-0.15, -0.1) is 0 Å². The van der Waals surface area contributed by atoms with Crippen LogP contribution in [0.2, 0.25) is 0 Å². The Balaban J connectivity index is 1.04. The Hall–Kier alpha value is -6.66. The summed E-state index contributed by atoms with van der Waals surface area (Å²) in [5, 5.41) is 10.1. The first-order valence-corrected chi connectivity index (χ1v) is 26.5. The number of nitrogens with zero attached hydrogens (tertiary/aromatic N) is 1. The molecule has 3 nitrogen and oxygen atoms in total. The van der Waals surface area contributed by atoms with E-state index in [1.807, 2.05) is 0 Å². The summed E-state index contributed by atoms with van der Waals surface area (Å²) in [5.41, 5.74) is 21.6. The van der Waals surface area contributed by atoms with Crippen LogP contribution in [-0.4, -0.2) is 14.4 Å². The Morgan fingerprint density at radius 2 is 0.817 bits per heavy atom. The van der Waals surface area contributed by atoms with Crippen molar-refractivity contribution in [1.82, 2.24) is 14.4 Å². The number of halogens is 2. The van der Waals surface area contributed by atoms with Crippen molar-refractivity contribution in [3.63, 3.8) is 0 Å². The first-order valence-electron chi connectivity index (χ1n) is 24.9. The van der Waals surface area contributed by atoms with Gasteiger partial charge in [-0.25, -0.2) is 0 Å². The third-order valence-electron chi connectivity index (χ3n) is 15.4. The Bertz CT molecular complexity index is 4330. The second-order valence-corrected chi connectivity index (χ2v) is 24.8. The van der Waals surface area contributed by atoms with E-state index in [0.29, 0.717) is 0 Å². The van der Waals surface area contributed by atoms with E-state index in [1.54, 1.807) is 0 Å². The molecule has 4 heterocycles. The van der Waals surface area contributed by atoms with Crippen LogP contribution in [0.4, 0.5) is 0 Å². The van der Waals surface area contributed by atoms with Gasteiger partial charge in [0.25, 0.3) is 0 Å². The van der Waals surface area contributed by atoms with Crippen LogP contribution in [0.3, 0.4) is 0 Å². The van der Waals surface area contributed by atoms with Crippen LogP contribution < -0.4 is 0 Å². The number of aromatic amines is 2. The molecule has 0 aliphatic rings. The van der Waals surface area contributed by atoms with E-state index in [4.69, 9.17) is 0 Å². The Labute approximate surface area is 431 Å². The summed E-state index contributed by atoms with van der Waals surface area (Å²) in [4.78, 5) is 7.91. The van der Waals surface area contributed by atoms with Crippen molar-refractivity contribution in [1.29, 1.82) is 0 Å². The second-order valence-electron chi connectivity index (χ2n) is 23.1. The molecule has 9 aromatic carbocycles. The van der Waals surface area contributed by atoms with Gasteiger partial charge in [-0.05, 0) is 151 Å². The summed E-state index contributed by atoms with van der Waals surface area (Å²) >= 11 is 8.39. The van der Waals surface area contributed by atoms with Crippen LogP contribution in [-0.2, 0) is 16.2 Å². The average molecular weight is 1050 g/mol. The molecule has 4 aromatic heterocycles. The lowest BCUT2D eigenvalue weighted by Gasteiger charge is -2.22. The molecule has 0 saturated carbocycles. The molecule has 0 bridgehead atoms. The molecule has 0 unspecified atom stereocenters. The van der Waals surface area contributed by atoms with Crippen molar-refractivity contribution in [2.24, 2.45) is 0 Å². The summed E-state index contributed by atoms with van der Waals surface area (Å²) in [7, 11) is 0. The fraction of sp³-hybridized carbons (Fsp3) is 0.182. The average Bonchev–Trinajstić information content (AvgIpc) is 4.09. The number of fused-ring (bicyclic) bond motifs is 12. The third kappa shape index (κ3) is 6.94. The quantitative estimate of drug-likeness (QED) is 0.176. The van der Waals surface area contributed by atoms with E-state index >= 15 is 0 Å². The number of rotatable bonds is 4.